The molecule has 0 saturated carbocycles. The molecule has 0 unspecified atom stereocenters. The minimum Gasteiger partial charge on any atom is -0.436 e. The van der Waals surface area contributed by atoms with Crippen LogP contribution in [0, 0.1) is 0 Å². The molecule has 2 fully saturated rings. The molecule has 94 valence electrons. The lowest BCUT2D eigenvalue weighted by atomic mass is 9.89. The summed E-state index contributed by atoms with van der Waals surface area (Å²) < 4.78 is 5.62. The maximum absolute atomic E-state index is 12.1. The summed E-state index contributed by atoms with van der Waals surface area (Å²) >= 11 is 0. The van der Waals surface area contributed by atoms with Gasteiger partial charge in [-0.3, -0.25) is 0 Å². The molecule has 1 spiro atoms. The van der Waals surface area contributed by atoms with E-state index in [1.807, 2.05) is 30.3 Å². The molecule has 1 aromatic carbocycles. The first-order chi connectivity index (χ1) is 8.73. The highest BCUT2D eigenvalue weighted by Gasteiger charge is 2.49. The summed E-state index contributed by atoms with van der Waals surface area (Å²) in [5.74, 6) is 0. The van der Waals surface area contributed by atoms with Crippen molar-refractivity contribution in [3.63, 3.8) is 0 Å². The number of piperidine rings is 1. The Hall–Kier alpha value is -1.81. The van der Waals surface area contributed by atoms with Crippen LogP contribution in [0.5, 0.6) is 0 Å². The number of benzene rings is 1. The van der Waals surface area contributed by atoms with Crippen molar-refractivity contribution in [2.75, 3.05) is 18.0 Å². The molecule has 0 aliphatic carbocycles. The summed E-state index contributed by atoms with van der Waals surface area (Å²) in [7, 11) is 0. The van der Waals surface area contributed by atoms with E-state index in [2.05, 4.69) is 11.9 Å². The maximum atomic E-state index is 12.1. The van der Waals surface area contributed by atoms with Crippen LogP contribution >= 0.6 is 0 Å². The first-order valence-corrected chi connectivity index (χ1v) is 6.21. The fourth-order valence-corrected chi connectivity index (χ4v) is 2.65. The van der Waals surface area contributed by atoms with Crippen LogP contribution < -0.4 is 10.2 Å². The summed E-state index contributed by atoms with van der Waals surface area (Å²) in [6.45, 7) is 5.80. The van der Waals surface area contributed by atoms with E-state index in [-0.39, 0.29) is 6.09 Å². The van der Waals surface area contributed by atoms with Crippen molar-refractivity contribution in [1.82, 2.24) is 5.32 Å². The Bertz CT molecular complexity index is 478. The molecule has 2 aliphatic rings. The summed E-state index contributed by atoms with van der Waals surface area (Å²) in [6.07, 6.45) is 1.27. The van der Waals surface area contributed by atoms with E-state index in [1.54, 1.807) is 4.90 Å². The van der Waals surface area contributed by atoms with E-state index in [1.165, 1.54) is 0 Å². The number of hydrogen-bond donors (Lipinski definition) is 1. The second-order valence-corrected chi connectivity index (χ2v) is 4.73. The van der Waals surface area contributed by atoms with Gasteiger partial charge in [0, 0.05) is 12.8 Å². The van der Waals surface area contributed by atoms with Crippen LogP contribution in [0.1, 0.15) is 12.8 Å². The highest BCUT2D eigenvalue weighted by atomic mass is 16.6. The first kappa shape index (κ1) is 11.3. The third kappa shape index (κ3) is 1.61. The van der Waals surface area contributed by atoms with Crippen molar-refractivity contribution < 1.29 is 9.53 Å². The van der Waals surface area contributed by atoms with Crippen LogP contribution in [-0.2, 0) is 4.74 Å². The van der Waals surface area contributed by atoms with Gasteiger partial charge in [0.1, 0.15) is 0 Å². The van der Waals surface area contributed by atoms with E-state index in [0.29, 0.717) is 0 Å². The van der Waals surface area contributed by atoms with E-state index < -0.39 is 5.60 Å². The molecular weight excluding hydrogens is 228 g/mol. The lowest BCUT2D eigenvalue weighted by Crippen LogP contribution is -2.43. The lowest BCUT2D eigenvalue weighted by Gasteiger charge is -2.32. The molecule has 3 rings (SSSR count). The summed E-state index contributed by atoms with van der Waals surface area (Å²) in [4.78, 5) is 13.7. The third-order valence-corrected chi connectivity index (χ3v) is 3.69. The third-order valence-electron chi connectivity index (χ3n) is 3.69. The Kier molecular flexibility index (Phi) is 2.59. The van der Waals surface area contributed by atoms with Gasteiger partial charge in [-0.25, -0.2) is 9.69 Å². The summed E-state index contributed by atoms with van der Waals surface area (Å²) in [5.41, 5.74) is 1.08. The van der Waals surface area contributed by atoms with Gasteiger partial charge in [0.25, 0.3) is 0 Å². The number of carbonyl (C=O) groups is 1. The number of nitrogens with zero attached hydrogens (tertiary/aromatic N) is 1. The Morgan fingerprint density at radius 1 is 1.22 bits per heavy atom. The average molecular weight is 244 g/mol. The van der Waals surface area contributed by atoms with Gasteiger partial charge < -0.3 is 10.1 Å². The smallest absolute Gasteiger partial charge is 0.419 e. The molecular formula is C14H16N2O2. The molecule has 0 aromatic heterocycles. The molecule has 2 heterocycles. The predicted molar refractivity (Wildman–Crippen MR) is 69.4 cm³/mol. The van der Waals surface area contributed by atoms with Crippen molar-refractivity contribution in [2.45, 2.75) is 18.4 Å². The summed E-state index contributed by atoms with van der Waals surface area (Å²) in [6, 6.07) is 9.53. The van der Waals surface area contributed by atoms with E-state index in [9.17, 15) is 4.79 Å². The largest absolute Gasteiger partial charge is 0.436 e. The van der Waals surface area contributed by atoms with Gasteiger partial charge in [-0.2, -0.15) is 0 Å². The van der Waals surface area contributed by atoms with Crippen molar-refractivity contribution in [1.29, 1.82) is 0 Å². The fourth-order valence-electron chi connectivity index (χ4n) is 2.65. The molecule has 4 nitrogen and oxygen atoms in total. The molecule has 1 aromatic rings. The van der Waals surface area contributed by atoms with Gasteiger partial charge >= 0.3 is 6.09 Å². The van der Waals surface area contributed by atoms with Crippen LogP contribution in [0.25, 0.3) is 0 Å². The van der Waals surface area contributed by atoms with E-state index in [4.69, 9.17) is 4.74 Å². The predicted octanol–water partition coefficient (Wildman–Crippen LogP) is 2.28. The summed E-state index contributed by atoms with van der Waals surface area (Å²) in [5, 5.41) is 3.27. The number of carbonyl (C=O) groups excluding carboxylic acids is 1. The zero-order chi connectivity index (χ0) is 12.6. The number of anilines is 1. The normalized spacial score (nSPS) is 22.3. The van der Waals surface area contributed by atoms with E-state index >= 15 is 0 Å². The van der Waals surface area contributed by atoms with Gasteiger partial charge in [-0.05, 0) is 25.2 Å². The number of amides is 1. The SMILES string of the molecule is C=C1N(c2ccccc2)C(=O)OC12CCNCC2. The van der Waals surface area contributed by atoms with Crippen molar-refractivity contribution in [2.24, 2.45) is 0 Å². The van der Waals surface area contributed by atoms with Crippen LogP contribution in [0.2, 0.25) is 0 Å². The van der Waals surface area contributed by atoms with Crippen molar-refractivity contribution >= 4 is 11.8 Å². The quantitative estimate of drug-likeness (QED) is 0.824. The Balaban J connectivity index is 1.94. The van der Waals surface area contributed by atoms with Gasteiger partial charge in [0.2, 0.25) is 0 Å². The van der Waals surface area contributed by atoms with Crippen LogP contribution in [-0.4, -0.2) is 24.8 Å². The zero-order valence-electron chi connectivity index (χ0n) is 10.2. The number of ether oxygens (including phenoxy) is 1. The second-order valence-electron chi connectivity index (χ2n) is 4.73. The molecule has 0 bridgehead atoms. The van der Waals surface area contributed by atoms with E-state index in [0.717, 1.165) is 37.3 Å². The Morgan fingerprint density at radius 3 is 2.56 bits per heavy atom. The van der Waals surface area contributed by atoms with Crippen LogP contribution in [0.3, 0.4) is 0 Å². The zero-order valence-corrected chi connectivity index (χ0v) is 10.2. The van der Waals surface area contributed by atoms with Crippen molar-refractivity contribution in [3.05, 3.63) is 42.6 Å². The molecule has 2 aliphatic heterocycles. The van der Waals surface area contributed by atoms with Crippen molar-refractivity contribution in [3.8, 4) is 0 Å². The Labute approximate surface area is 106 Å². The number of para-hydroxylation sites is 1. The second kappa shape index (κ2) is 4.14. The standard InChI is InChI=1S/C14H16N2O2/c1-11-14(7-9-15-10-8-14)18-13(17)16(11)12-5-3-2-4-6-12/h2-6,15H,1,7-10H2. The van der Waals surface area contributed by atoms with Gasteiger partial charge in [-0.1, -0.05) is 24.8 Å². The topological polar surface area (TPSA) is 41.6 Å². The molecule has 0 atom stereocenters. The average Bonchev–Trinajstić information content (AvgIpc) is 2.63. The highest BCUT2D eigenvalue weighted by Crippen LogP contribution is 2.41. The van der Waals surface area contributed by atoms with Gasteiger partial charge in [-0.15, -0.1) is 0 Å². The van der Waals surface area contributed by atoms with Crippen LogP contribution in [0.4, 0.5) is 10.5 Å². The van der Waals surface area contributed by atoms with Gasteiger partial charge in [0.15, 0.2) is 5.60 Å². The minimum atomic E-state index is -0.502. The molecule has 1 amide bonds. The number of hydrogen-bond acceptors (Lipinski definition) is 3. The molecule has 0 radical (unpaired) electrons. The fraction of sp³-hybridized carbons (Fsp3) is 0.357. The number of rotatable bonds is 1. The molecule has 4 heteroatoms. The maximum Gasteiger partial charge on any atom is 0.419 e. The molecule has 18 heavy (non-hydrogen) atoms. The Morgan fingerprint density at radius 2 is 1.89 bits per heavy atom. The minimum absolute atomic E-state index is 0.312. The first-order valence-electron chi connectivity index (χ1n) is 6.21. The number of nitrogens with one attached hydrogen (secondary N) is 1. The monoisotopic (exact) mass is 244 g/mol. The highest BCUT2D eigenvalue weighted by molar-refractivity contribution is 5.95. The molecule has 1 N–H and O–H groups in total. The van der Waals surface area contributed by atoms with Crippen LogP contribution in [0.15, 0.2) is 42.6 Å². The lowest BCUT2D eigenvalue weighted by molar-refractivity contribution is 0.0466. The van der Waals surface area contributed by atoms with Gasteiger partial charge in [0.05, 0.1) is 11.4 Å². The molecule has 2 saturated heterocycles.